The van der Waals surface area contributed by atoms with Gasteiger partial charge in [-0.15, -0.1) is 0 Å². The molecule has 186 valence electrons. The zero-order chi connectivity index (χ0) is 25.2. The Hall–Kier alpha value is -3.87. The van der Waals surface area contributed by atoms with Crippen molar-refractivity contribution in [2.45, 2.75) is 40.2 Å². The minimum atomic E-state index is -0.120. The van der Waals surface area contributed by atoms with Crippen LogP contribution in [0.2, 0.25) is 0 Å². The highest BCUT2D eigenvalue weighted by Crippen LogP contribution is 2.28. The van der Waals surface area contributed by atoms with Crippen LogP contribution >= 0.6 is 0 Å². The van der Waals surface area contributed by atoms with Gasteiger partial charge in [-0.25, -0.2) is 4.98 Å². The van der Waals surface area contributed by atoms with Gasteiger partial charge in [-0.1, -0.05) is 24.6 Å². The summed E-state index contributed by atoms with van der Waals surface area (Å²) in [5, 5.41) is 2.97. The second-order valence-corrected chi connectivity index (χ2v) is 9.72. The molecule has 7 heteroatoms. The summed E-state index contributed by atoms with van der Waals surface area (Å²) >= 11 is 0. The molecule has 1 aliphatic heterocycles. The fraction of sp³-hybridized carbons (Fsp3) is 0.345. The molecule has 0 saturated carbocycles. The number of hydrogen-bond donors (Lipinski definition) is 1. The highest BCUT2D eigenvalue weighted by molar-refractivity contribution is 5.97. The number of piperidine rings is 1. The molecule has 2 amide bonds. The summed E-state index contributed by atoms with van der Waals surface area (Å²) < 4.78 is 11.4. The Labute approximate surface area is 210 Å². The van der Waals surface area contributed by atoms with Crippen LogP contribution in [0, 0.1) is 25.7 Å². The zero-order valence-corrected chi connectivity index (χ0v) is 20.9. The third-order valence-electron chi connectivity index (χ3n) is 7.11. The van der Waals surface area contributed by atoms with Crippen molar-refractivity contribution in [3.63, 3.8) is 0 Å². The van der Waals surface area contributed by atoms with Crippen LogP contribution in [0.3, 0.4) is 0 Å². The van der Waals surface area contributed by atoms with Gasteiger partial charge in [0.25, 0.3) is 5.91 Å². The molecule has 1 atom stereocenters. The summed E-state index contributed by atoms with van der Waals surface area (Å²) in [6.07, 6.45) is 1.59. The van der Waals surface area contributed by atoms with Gasteiger partial charge >= 0.3 is 0 Å². The van der Waals surface area contributed by atoms with Crippen molar-refractivity contribution in [3.8, 4) is 11.5 Å². The Morgan fingerprint density at radius 1 is 1.03 bits per heavy atom. The minimum Gasteiger partial charge on any atom is -0.465 e. The molecule has 0 aliphatic carbocycles. The lowest BCUT2D eigenvalue weighted by atomic mass is 9.84. The maximum atomic E-state index is 13.2. The van der Waals surface area contributed by atoms with Crippen LogP contribution in [0.1, 0.15) is 47.2 Å². The minimum absolute atomic E-state index is 0.0134. The van der Waals surface area contributed by atoms with Crippen LogP contribution in [-0.2, 0) is 11.3 Å². The standard InChI is InChI=1S/C29H31N3O4/c1-18-4-7-22(8-5-18)28-31-25-16-23(9-11-26(25)36-28)29(34)32-14-12-21(13-15-32)20(3)27(33)30-17-24-10-6-19(2)35-24/h4-11,16,20-21H,12-15,17H2,1-3H3,(H,30,33)/t20-/m1/s1. The number of aryl methyl sites for hydroxylation is 2. The van der Waals surface area contributed by atoms with Crippen molar-refractivity contribution in [2.75, 3.05) is 13.1 Å². The first kappa shape index (κ1) is 23.9. The number of likely N-dealkylation sites (tertiary alicyclic amines) is 1. The molecular formula is C29H31N3O4. The third kappa shape index (κ3) is 5.05. The molecule has 0 radical (unpaired) electrons. The van der Waals surface area contributed by atoms with E-state index >= 15 is 0 Å². The molecule has 1 fully saturated rings. The van der Waals surface area contributed by atoms with E-state index < -0.39 is 0 Å². The van der Waals surface area contributed by atoms with E-state index in [1.807, 2.05) is 68.1 Å². The first-order chi connectivity index (χ1) is 17.4. The van der Waals surface area contributed by atoms with Crippen molar-refractivity contribution < 1.29 is 18.4 Å². The normalized spacial score (nSPS) is 15.2. The van der Waals surface area contributed by atoms with Gasteiger partial charge in [-0.05, 0) is 75.1 Å². The number of furan rings is 1. The Morgan fingerprint density at radius 3 is 2.47 bits per heavy atom. The summed E-state index contributed by atoms with van der Waals surface area (Å²) in [5.74, 6) is 2.26. The zero-order valence-electron chi connectivity index (χ0n) is 20.9. The van der Waals surface area contributed by atoms with Crippen LogP contribution in [0.5, 0.6) is 0 Å². The highest BCUT2D eigenvalue weighted by atomic mass is 16.3. The average molecular weight is 486 g/mol. The second kappa shape index (κ2) is 10.0. The molecule has 3 heterocycles. The van der Waals surface area contributed by atoms with Crippen LogP contribution in [0.4, 0.5) is 0 Å². The van der Waals surface area contributed by atoms with Crippen molar-refractivity contribution in [1.82, 2.24) is 15.2 Å². The molecule has 0 bridgehead atoms. The summed E-state index contributed by atoms with van der Waals surface area (Å²) in [5.41, 5.74) is 4.01. The summed E-state index contributed by atoms with van der Waals surface area (Å²) in [4.78, 5) is 32.3. The topological polar surface area (TPSA) is 88.6 Å². The molecule has 5 rings (SSSR count). The number of rotatable bonds is 6. The number of benzene rings is 2. The summed E-state index contributed by atoms with van der Waals surface area (Å²) in [7, 11) is 0. The molecule has 4 aromatic rings. The van der Waals surface area contributed by atoms with Crippen molar-refractivity contribution in [1.29, 1.82) is 0 Å². The molecular weight excluding hydrogens is 454 g/mol. The predicted molar refractivity (Wildman–Crippen MR) is 137 cm³/mol. The quantitative estimate of drug-likeness (QED) is 0.389. The van der Waals surface area contributed by atoms with E-state index in [-0.39, 0.29) is 23.7 Å². The smallest absolute Gasteiger partial charge is 0.253 e. The number of amides is 2. The van der Waals surface area contributed by atoms with Gasteiger partial charge in [0.05, 0.1) is 6.54 Å². The van der Waals surface area contributed by atoms with Crippen LogP contribution in [0.15, 0.2) is 63.4 Å². The van der Waals surface area contributed by atoms with Gasteiger partial charge in [0, 0.05) is 30.1 Å². The van der Waals surface area contributed by atoms with E-state index in [4.69, 9.17) is 8.83 Å². The maximum absolute atomic E-state index is 13.2. The monoisotopic (exact) mass is 485 g/mol. The van der Waals surface area contributed by atoms with Crippen molar-refractivity contribution in [3.05, 3.63) is 77.2 Å². The molecule has 2 aromatic carbocycles. The SMILES string of the molecule is Cc1ccc(-c2nc3cc(C(=O)N4CCC([C@@H](C)C(=O)NCc5ccc(C)o5)CC4)ccc3o2)cc1. The number of oxazole rings is 1. The summed E-state index contributed by atoms with van der Waals surface area (Å²) in [6.45, 7) is 7.54. The first-order valence-electron chi connectivity index (χ1n) is 12.5. The van der Waals surface area contributed by atoms with Gasteiger partial charge in [0.15, 0.2) is 5.58 Å². The number of carbonyl (C=O) groups excluding carboxylic acids is 2. The Morgan fingerprint density at radius 2 is 1.78 bits per heavy atom. The van der Waals surface area contributed by atoms with Gasteiger partial charge in [0.1, 0.15) is 17.0 Å². The van der Waals surface area contributed by atoms with Crippen LogP contribution < -0.4 is 5.32 Å². The van der Waals surface area contributed by atoms with Gasteiger partial charge < -0.3 is 19.1 Å². The molecule has 2 aromatic heterocycles. The average Bonchev–Trinajstić information content (AvgIpc) is 3.52. The lowest BCUT2D eigenvalue weighted by molar-refractivity contribution is -0.126. The lowest BCUT2D eigenvalue weighted by Crippen LogP contribution is -2.42. The third-order valence-corrected chi connectivity index (χ3v) is 7.11. The lowest BCUT2D eigenvalue weighted by Gasteiger charge is -2.34. The molecule has 1 saturated heterocycles. The summed E-state index contributed by atoms with van der Waals surface area (Å²) in [6, 6.07) is 17.2. The Kier molecular flexibility index (Phi) is 6.63. The molecule has 36 heavy (non-hydrogen) atoms. The first-order valence-corrected chi connectivity index (χ1v) is 12.5. The molecule has 7 nitrogen and oxygen atoms in total. The van der Waals surface area contributed by atoms with Crippen LogP contribution in [-0.4, -0.2) is 34.8 Å². The van der Waals surface area contributed by atoms with E-state index in [1.165, 1.54) is 5.56 Å². The number of carbonyl (C=O) groups is 2. The van der Waals surface area contributed by atoms with Gasteiger partial charge in [-0.2, -0.15) is 0 Å². The molecule has 1 N–H and O–H groups in total. The number of hydrogen-bond acceptors (Lipinski definition) is 5. The molecule has 0 unspecified atom stereocenters. The fourth-order valence-electron chi connectivity index (χ4n) is 4.79. The number of nitrogens with one attached hydrogen (secondary N) is 1. The fourth-order valence-corrected chi connectivity index (χ4v) is 4.79. The van der Waals surface area contributed by atoms with E-state index in [9.17, 15) is 9.59 Å². The van der Waals surface area contributed by atoms with Gasteiger partial charge in [-0.3, -0.25) is 9.59 Å². The molecule has 0 spiro atoms. The second-order valence-electron chi connectivity index (χ2n) is 9.72. The number of fused-ring (bicyclic) bond motifs is 1. The largest absolute Gasteiger partial charge is 0.465 e. The van der Waals surface area contributed by atoms with E-state index in [0.29, 0.717) is 42.2 Å². The molecule has 1 aliphatic rings. The van der Waals surface area contributed by atoms with Gasteiger partial charge in [0.2, 0.25) is 11.8 Å². The predicted octanol–water partition coefficient (Wildman–Crippen LogP) is 5.51. The number of nitrogens with zero attached hydrogens (tertiary/aromatic N) is 2. The van der Waals surface area contributed by atoms with E-state index in [0.717, 1.165) is 29.9 Å². The maximum Gasteiger partial charge on any atom is 0.253 e. The van der Waals surface area contributed by atoms with E-state index in [1.54, 1.807) is 12.1 Å². The van der Waals surface area contributed by atoms with Crippen LogP contribution in [0.25, 0.3) is 22.6 Å². The highest BCUT2D eigenvalue weighted by Gasteiger charge is 2.30. The Balaban J connectivity index is 1.18. The number of aromatic nitrogens is 1. The van der Waals surface area contributed by atoms with Crippen molar-refractivity contribution in [2.24, 2.45) is 11.8 Å². The Bertz CT molecular complexity index is 1380. The van der Waals surface area contributed by atoms with Crippen molar-refractivity contribution >= 4 is 22.9 Å². The van der Waals surface area contributed by atoms with E-state index in [2.05, 4.69) is 10.3 Å².